The average Bonchev–Trinajstić information content (AvgIpc) is 2.83. The summed E-state index contributed by atoms with van der Waals surface area (Å²) in [6.07, 6.45) is 0. The van der Waals surface area contributed by atoms with Crippen molar-refractivity contribution in [3.63, 3.8) is 0 Å². The standard InChI is InChI=1S/C18H20N4O2/c1-10-5-6-13(9-23)8-15(10)20-18(24)14-7-11(2)19-17-16(14)12(3)21-22(17)4/h5-8,23H,9H2,1-4H3,(H,20,24). The van der Waals surface area contributed by atoms with Crippen molar-refractivity contribution in [2.75, 3.05) is 5.32 Å². The number of anilines is 1. The van der Waals surface area contributed by atoms with Gasteiger partial charge in [-0.3, -0.25) is 9.48 Å². The van der Waals surface area contributed by atoms with E-state index in [0.29, 0.717) is 16.9 Å². The van der Waals surface area contributed by atoms with Gasteiger partial charge in [-0.25, -0.2) is 4.98 Å². The molecule has 0 atom stereocenters. The van der Waals surface area contributed by atoms with E-state index in [1.165, 1.54) is 0 Å². The Morgan fingerprint density at radius 3 is 2.71 bits per heavy atom. The summed E-state index contributed by atoms with van der Waals surface area (Å²) in [5, 5.41) is 17.4. The Balaban J connectivity index is 2.06. The molecule has 0 saturated heterocycles. The second-order valence-electron chi connectivity index (χ2n) is 5.98. The topological polar surface area (TPSA) is 80.0 Å². The number of hydrogen-bond acceptors (Lipinski definition) is 4. The molecule has 0 aliphatic rings. The lowest BCUT2D eigenvalue weighted by Crippen LogP contribution is -2.14. The minimum absolute atomic E-state index is 0.0660. The van der Waals surface area contributed by atoms with Crippen LogP contribution in [0.1, 0.15) is 32.9 Å². The second kappa shape index (κ2) is 6.05. The molecule has 2 aromatic heterocycles. The maximum Gasteiger partial charge on any atom is 0.256 e. The molecule has 0 saturated carbocycles. The number of pyridine rings is 1. The third-order valence-corrected chi connectivity index (χ3v) is 4.07. The van der Waals surface area contributed by atoms with Crippen LogP contribution in [0.5, 0.6) is 0 Å². The van der Waals surface area contributed by atoms with Gasteiger partial charge in [0, 0.05) is 18.4 Å². The van der Waals surface area contributed by atoms with Gasteiger partial charge in [0.05, 0.1) is 23.3 Å². The molecule has 6 heteroatoms. The van der Waals surface area contributed by atoms with Crippen LogP contribution in [0.15, 0.2) is 24.3 Å². The highest BCUT2D eigenvalue weighted by Crippen LogP contribution is 2.24. The normalized spacial score (nSPS) is 11.0. The van der Waals surface area contributed by atoms with E-state index in [0.717, 1.165) is 27.9 Å². The summed E-state index contributed by atoms with van der Waals surface area (Å²) in [5.41, 5.74) is 5.16. The van der Waals surface area contributed by atoms with E-state index >= 15 is 0 Å². The van der Waals surface area contributed by atoms with Gasteiger partial charge < -0.3 is 10.4 Å². The molecule has 1 aromatic carbocycles. The number of hydrogen-bond donors (Lipinski definition) is 2. The van der Waals surface area contributed by atoms with Gasteiger partial charge in [-0.05, 0) is 44.0 Å². The molecule has 0 unspecified atom stereocenters. The molecule has 3 rings (SSSR count). The summed E-state index contributed by atoms with van der Waals surface area (Å²) in [4.78, 5) is 17.3. The lowest BCUT2D eigenvalue weighted by molar-refractivity contribution is 0.102. The van der Waals surface area contributed by atoms with E-state index in [4.69, 9.17) is 0 Å². The Bertz CT molecular complexity index is 944. The zero-order valence-electron chi connectivity index (χ0n) is 14.2. The number of aryl methyl sites for hydroxylation is 4. The van der Waals surface area contributed by atoms with E-state index in [9.17, 15) is 9.90 Å². The fraction of sp³-hybridized carbons (Fsp3) is 0.278. The van der Waals surface area contributed by atoms with Crippen molar-refractivity contribution < 1.29 is 9.90 Å². The number of benzene rings is 1. The van der Waals surface area contributed by atoms with Crippen molar-refractivity contribution in [1.29, 1.82) is 0 Å². The molecule has 1 amide bonds. The number of aliphatic hydroxyl groups is 1. The summed E-state index contributed by atoms with van der Waals surface area (Å²) in [6.45, 7) is 5.58. The Morgan fingerprint density at radius 1 is 1.25 bits per heavy atom. The quantitative estimate of drug-likeness (QED) is 0.776. The van der Waals surface area contributed by atoms with Crippen molar-refractivity contribution in [2.24, 2.45) is 7.05 Å². The zero-order chi connectivity index (χ0) is 17.4. The number of nitrogens with one attached hydrogen (secondary N) is 1. The first-order valence-corrected chi connectivity index (χ1v) is 7.73. The maximum atomic E-state index is 12.9. The molecular weight excluding hydrogens is 304 g/mol. The van der Waals surface area contributed by atoms with E-state index in [1.54, 1.807) is 16.8 Å². The molecule has 6 nitrogen and oxygen atoms in total. The zero-order valence-corrected chi connectivity index (χ0v) is 14.2. The number of amides is 1. The van der Waals surface area contributed by atoms with Crippen LogP contribution in [0.25, 0.3) is 11.0 Å². The highest BCUT2D eigenvalue weighted by molar-refractivity contribution is 6.12. The molecule has 124 valence electrons. The van der Waals surface area contributed by atoms with Crippen LogP contribution in [0.4, 0.5) is 5.69 Å². The summed E-state index contributed by atoms with van der Waals surface area (Å²) < 4.78 is 1.69. The maximum absolute atomic E-state index is 12.9. The second-order valence-corrected chi connectivity index (χ2v) is 5.98. The molecule has 2 heterocycles. The average molecular weight is 324 g/mol. The van der Waals surface area contributed by atoms with Crippen LogP contribution in [0.3, 0.4) is 0 Å². The third kappa shape index (κ3) is 2.76. The van der Waals surface area contributed by atoms with Crippen molar-refractivity contribution in [2.45, 2.75) is 27.4 Å². The smallest absolute Gasteiger partial charge is 0.256 e. The first kappa shape index (κ1) is 16.1. The Morgan fingerprint density at radius 2 is 2.00 bits per heavy atom. The van der Waals surface area contributed by atoms with Crippen LogP contribution in [-0.2, 0) is 13.7 Å². The molecule has 3 aromatic rings. The van der Waals surface area contributed by atoms with Gasteiger partial charge in [0.2, 0.25) is 0 Å². The number of fused-ring (bicyclic) bond motifs is 1. The molecule has 0 spiro atoms. The molecule has 0 radical (unpaired) electrons. The van der Waals surface area contributed by atoms with Crippen LogP contribution < -0.4 is 5.32 Å². The van der Waals surface area contributed by atoms with Gasteiger partial charge in [0.25, 0.3) is 5.91 Å². The van der Waals surface area contributed by atoms with Crippen LogP contribution in [-0.4, -0.2) is 25.8 Å². The molecule has 0 aliphatic heterocycles. The number of aromatic nitrogens is 3. The molecule has 2 N–H and O–H groups in total. The highest BCUT2D eigenvalue weighted by Gasteiger charge is 2.18. The number of carbonyl (C=O) groups is 1. The van der Waals surface area contributed by atoms with Gasteiger partial charge in [0.15, 0.2) is 5.65 Å². The van der Waals surface area contributed by atoms with Gasteiger partial charge in [-0.2, -0.15) is 5.10 Å². The fourth-order valence-electron chi connectivity index (χ4n) is 2.84. The first-order valence-electron chi connectivity index (χ1n) is 7.73. The summed E-state index contributed by atoms with van der Waals surface area (Å²) >= 11 is 0. The number of nitrogens with zero attached hydrogens (tertiary/aromatic N) is 3. The van der Waals surface area contributed by atoms with Crippen LogP contribution >= 0.6 is 0 Å². The lowest BCUT2D eigenvalue weighted by Gasteiger charge is -2.11. The highest BCUT2D eigenvalue weighted by atomic mass is 16.3. The predicted octanol–water partition coefficient (Wildman–Crippen LogP) is 2.64. The van der Waals surface area contributed by atoms with E-state index < -0.39 is 0 Å². The van der Waals surface area contributed by atoms with Gasteiger partial charge >= 0.3 is 0 Å². The van der Waals surface area contributed by atoms with Crippen molar-refractivity contribution in [3.05, 3.63) is 52.3 Å². The fourth-order valence-corrected chi connectivity index (χ4v) is 2.84. The Kier molecular flexibility index (Phi) is 4.07. The molecule has 0 fully saturated rings. The monoisotopic (exact) mass is 324 g/mol. The Labute approximate surface area is 140 Å². The Hall–Kier alpha value is -2.73. The van der Waals surface area contributed by atoms with Crippen molar-refractivity contribution in [3.8, 4) is 0 Å². The number of carbonyl (C=O) groups excluding carboxylic acids is 1. The van der Waals surface area contributed by atoms with Gasteiger partial charge in [-0.15, -0.1) is 0 Å². The van der Waals surface area contributed by atoms with E-state index in [-0.39, 0.29) is 12.5 Å². The minimum atomic E-state index is -0.209. The summed E-state index contributed by atoms with van der Waals surface area (Å²) in [5.74, 6) is -0.209. The van der Waals surface area contributed by atoms with Crippen LogP contribution in [0.2, 0.25) is 0 Å². The van der Waals surface area contributed by atoms with Crippen molar-refractivity contribution >= 4 is 22.6 Å². The largest absolute Gasteiger partial charge is 0.392 e. The predicted molar refractivity (Wildman–Crippen MR) is 93.0 cm³/mol. The van der Waals surface area contributed by atoms with Crippen LogP contribution in [0, 0.1) is 20.8 Å². The minimum Gasteiger partial charge on any atom is -0.392 e. The van der Waals surface area contributed by atoms with E-state index in [1.807, 2.05) is 40.0 Å². The third-order valence-electron chi connectivity index (χ3n) is 4.07. The van der Waals surface area contributed by atoms with Gasteiger partial charge in [0.1, 0.15) is 0 Å². The molecule has 0 aliphatic carbocycles. The molecule has 24 heavy (non-hydrogen) atoms. The number of rotatable bonds is 3. The summed E-state index contributed by atoms with van der Waals surface area (Å²) in [7, 11) is 1.82. The summed E-state index contributed by atoms with van der Waals surface area (Å²) in [6, 6.07) is 7.28. The van der Waals surface area contributed by atoms with Gasteiger partial charge in [-0.1, -0.05) is 12.1 Å². The lowest BCUT2D eigenvalue weighted by atomic mass is 10.1. The molecule has 0 bridgehead atoms. The first-order chi connectivity index (χ1) is 11.4. The number of aliphatic hydroxyl groups excluding tert-OH is 1. The SMILES string of the molecule is Cc1cc(C(=O)Nc2cc(CO)ccc2C)c2c(C)nn(C)c2n1. The van der Waals surface area contributed by atoms with E-state index in [2.05, 4.69) is 15.4 Å². The molecular formula is C18H20N4O2. The van der Waals surface area contributed by atoms with Crippen molar-refractivity contribution in [1.82, 2.24) is 14.8 Å².